The minimum absolute atomic E-state index is 0.0628. The van der Waals surface area contributed by atoms with E-state index in [4.69, 9.17) is 0 Å². The van der Waals surface area contributed by atoms with Crippen molar-refractivity contribution in [3.63, 3.8) is 0 Å². The van der Waals surface area contributed by atoms with Gasteiger partial charge in [-0.1, -0.05) is 43.3 Å². The number of hydrogen-bond donors (Lipinski definition) is 2. The number of rotatable bonds is 7. The van der Waals surface area contributed by atoms with Crippen LogP contribution in [-0.2, 0) is 11.3 Å². The van der Waals surface area contributed by atoms with Crippen molar-refractivity contribution in [3.05, 3.63) is 59.7 Å². The predicted octanol–water partition coefficient (Wildman–Crippen LogP) is 4.79. The molecule has 2 aromatic rings. The van der Waals surface area contributed by atoms with Gasteiger partial charge in [0.15, 0.2) is 0 Å². The quantitative estimate of drug-likeness (QED) is 0.741. The molecule has 0 unspecified atom stereocenters. The highest BCUT2D eigenvalue weighted by molar-refractivity contribution is 5.96. The zero-order valence-corrected chi connectivity index (χ0v) is 16.0. The first-order valence-corrected chi connectivity index (χ1v) is 9.58. The molecule has 5 heteroatoms. The summed E-state index contributed by atoms with van der Waals surface area (Å²) in [5.74, 6) is 0.211. The molecule has 27 heavy (non-hydrogen) atoms. The number of carbonyl (C=O) groups excluding carboxylic acids is 2. The molecule has 0 spiro atoms. The number of carbonyl (C=O) groups is 2. The summed E-state index contributed by atoms with van der Waals surface area (Å²) in [5, 5.41) is 5.94. The van der Waals surface area contributed by atoms with E-state index >= 15 is 0 Å². The zero-order valence-electron chi connectivity index (χ0n) is 16.0. The van der Waals surface area contributed by atoms with Crippen molar-refractivity contribution < 1.29 is 9.59 Å². The fraction of sp³-hybridized carbons (Fsp3) is 0.364. The van der Waals surface area contributed by atoms with Crippen molar-refractivity contribution >= 4 is 23.3 Å². The topological polar surface area (TPSA) is 61.4 Å². The van der Waals surface area contributed by atoms with Crippen molar-refractivity contribution in [2.24, 2.45) is 5.92 Å². The number of aryl methyl sites for hydroxylation is 1. The number of hydrogen-bond acceptors (Lipinski definition) is 2. The van der Waals surface area contributed by atoms with E-state index in [-0.39, 0.29) is 17.9 Å². The van der Waals surface area contributed by atoms with Gasteiger partial charge in [-0.3, -0.25) is 4.79 Å². The maximum absolute atomic E-state index is 12.8. The molecule has 0 radical (unpaired) electrons. The molecule has 1 aliphatic carbocycles. The molecule has 2 aromatic carbocycles. The molecule has 0 aromatic heterocycles. The van der Waals surface area contributed by atoms with Crippen LogP contribution in [0.3, 0.4) is 0 Å². The third-order valence-electron chi connectivity index (χ3n) is 4.69. The van der Waals surface area contributed by atoms with E-state index in [1.807, 2.05) is 60.4 Å². The molecule has 0 atom stereocenters. The number of benzene rings is 2. The van der Waals surface area contributed by atoms with Gasteiger partial charge in [0, 0.05) is 30.4 Å². The lowest BCUT2D eigenvalue weighted by Gasteiger charge is -2.23. The zero-order chi connectivity index (χ0) is 19.2. The standard InChI is InChI=1S/C22H27N3O2/c1-3-13-25(15-17-7-5-4-6-8-17)22(27)24-20-14-19(12-9-16(20)2)23-21(26)18-10-11-18/h4-9,12,14,18H,3,10-11,13,15H2,1-2H3,(H,23,26)(H,24,27). The molecule has 1 saturated carbocycles. The Kier molecular flexibility index (Phi) is 6.12. The number of anilines is 2. The molecule has 0 saturated heterocycles. The average molecular weight is 365 g/mol. The van der Waals surface area contributed by atoms with Crippen LogP contribution in [0.5, 0.6) is 0 Å². The SMILES string of the molecule is CCCN(Cc1ccccc1)C(=O)Nc1cc(NC(=O)C2CC2)ccc1C. The molecule has 2 N–H and O–H groups in total. The summed E-state index contributed by atoms with van der Waals surface area (Å²) in [6, 6.07) is 15.5. The van der Waals surface area contributed by atoms with Crippen LogP contribution in [0, 0.1) is 12.8 Å². The van der Waals surface area contributed by atoms with Crippen LogP contribution < -0.4 is 10.6 Å². The van der Waals surface area contributed by atoms with Gasteiger partial charge in [-0.2, -0.15) is 0 Å². The van der Waals surface area contributed by atoms with Gasteiger partial charge in [-0.25, -0.2) is 4.79 Å². The maximum Gasteiger partial charge on any atom is 0.322 e. The first-order valence-electron chi connectivity index (χ1n) is 9.58. The maximum atomic E-state index is 12.8. The van der Waals surface area contributed by atoms with E-state index in [0.29, 0.717) is 13.1 Å². The molecule has 0 bridgehead atoms. The van der Waals surface area contributed by atoms with Crippen LogP contribution >= 0.6 is 0 Å². The highest BCUT2D eigenvalue weighted by Crippen LogP contribution is 2.31. The molecule has 3 amide bonds. The monoisotopic (exact) mass is 365 g/mol. The van der Waals surface area contributed by atoms with Gasteiger partial charge in [0.05, 0.1) is 0 Å². The number of nitrogens with zero attached hydrogens (tertiary/aromatic N) is 1. The van der Waals surface area contributed by atoms with Gasteiger partial charge in [-0.15, -0.1) is 0 Å². The summed E-state index contributed by atoms with van der Waals surface area (Å²) in [4.78, 5) is 26.6. The number of urea groups is 1. The average Bonchev–Trinajstić information content (AvgIpc) is 3.50. The Hall–Kier alpha value is -2.82. The first kappa shape index (κ1) is 19.0. The van der Waals surface area contributed by atoms with Gasteiger partial charge >= 0.3 is 6.03 Å². The smallest absolute Gasteiger partial charge is 0.322 e. The number of nitrogens with one attached hydrogen (secondary N) is 2. The predicted molar refractivity (Wildman–Crippen MR) is 109 cm³/mol. The summed E-state index contributed by atoms with van der Waals surface area (Å²) in [6.45, 7) is 5.25. The summed E-state index contributed by atoms with van der Waals surface area (Å²) >= 11 is 0. The van der Waals surface area contributed by atoms with Crippen LogP contribution in [0.15, 0.2) is 48.5 Å². The van der Waals surface area contributed by atoms with Gasteiger partial charge in [0.1, 0.15) is 0 Å². The van der Waals surface area contributed by atoms with E-state index in [1.54, 1.807) is 0 Å². The third-order valence-corrected chi connectivity index (χ3v) is 4.69. The Balaban J connectivity index is 1.69. The Morgan fingerprint density at radius 1 is 1.07 bits per heavy atom. The number of amides is 3. The van der Waals surface area contributed by atoms with Crippen molar-refractivity contribution in [1.29, 1.82) is 0 Å². The van der Waals surface area contributed by atoms with Crippen LogP contribution in [0.1, 0.15) is 37.3 Å². The molecular formula is C22H27N3O2. The second kappa shape index (κ2) is 8.71. The first-order chi connectivity index (χ1) is 13.1. The van der Waals surface area contributed by atoms with Gasteiger partial charge in [0.2, 0.25) is 5.91 Å². The molecule has 5 nitrogen and oxygen atoms in total. The van der Waals surface area contributed by atoms with Crippen LogP contribution in [0.25, 0.3) is 0 Å². The van der Waals surface area contributed by atoms with E-state index in [2.05, 4.69) is 17.6 Å². The largest absolute Gasteiger partial charge is 0.326 e. The van der Waals surface area contributed by atoms with Crippen molar-refractivity contribution in [2.45, 2.75) is 39.7 Å². The lowest BCUT2D eigenvalue weighted by atomic mass is 10.1. The Bertz CT molecular complexity index is 800. The van der Waals surface area contributed by atoms with E-state index in [0.717, 1.165) is 41.8 Å². The molecule has 0 heterocycles. The minimum atomic E-state index is -0.130. The highest BCUT2D eigenvalue weighted by Gasteiger charge is 2.29. The fourth-order valence-corrected chi connectivity index (χ4v) is 2.94. The molecule has 3 rings (SSSR count). The minimum Gasteiger partial charge on any atom is -0.326 e. The van der Waals surface area contributed by atoms with Crippen molar-refractivity contribution in [1.82, 2.24) is 4.90 Å². The summed E-state index contributed by atoms with van der Waals surface area (Å²) in [7, 11) is 0. The normalized spacial score (nSPS) is 13.1. The van der Waals surface area contributed by atoms with Gasteiger partial charge < -0.3 is 15.5 Å². The van der Waals surface area contributed by atoms with Crippen molar-refractivity contribution in [2.75, 3.05) is 17.2 Å². The Morgan fingerprint density at radius 2 is 1.81 bits per heavy atom. The highest BCUT2D eigenvalue weighted by atomic mass is 16.2. The summed E-state index contributed by atoms with van der Waals surface area (Å²) < 4.78 is 0. The van der Waals surface area contributed by atoms with Crippen LogP contribution in [0.4, 0.5) is 16.2 Å². The second-order valence-corrected chi connectivity index (χ2v) is 7.13. The van der Waals surface area contributed by atoms with E-state index in [9.17, 15) is 9.59 Å². The lowest BCUT2D eigenvalue weighted by molar-refractivity contribution is -0.117. The Labute approximate surface area is 160 Å². The second-order valence-electron chi connectivity index (χ2n) is 7.13. The third kappa shape index (κ3) is 5.33. The molecule has 0 aliphatic heterocycles. The van der Waals surface area contributed by atoms with Crippen LogP contribution in [-0.4, -0.2) is 23.4 Å². The summed E-state index contributed by atoms with van der Waals surface area (Å²) in [5.41, 5.74) is 3.51. The van der Waals surface area contributed by atoms with E-state index < -0.39 is 0 Å². The Morgan fingerprint density at radius 3 is 2.48 bits per heavy atom. The molecular weight excluding hydrogens is 338 g/mol. The molecule has 1 fully saturated rings. The van der Waals surface area contributed by atoms with Crippen molar-refractivity contribution in [3.8, 4) is 0 Å². The van der Waals surface area contributed by atoms with E-state index in [1.165, 1.54) is 0 Å². The summed E-state index contributed by atoms with van der Waals surface area (Å²) in [6.07, 6.45) is 2.82. The van der Waals surface area contributed by atoms with Crippen LogP contribution in [0.2, 0.25) is 0 Å². The van der Waals surface area contributed by atoms with Gasteiger partial charge in [0.25, 0.3) is 0 Å². The molecule has 1 aliphatic rings. The molecule has 142 valence electrons. The lowest BCUT2D eigenvalue weighted by Crippen LogP contribution is -2.35. The van der Waals surface area contributed by atoms with Gasteiger partial charge in [-0.05, 0) is 49.4 Å². The fourth-order valence-electron chi connectivity index (χ4n) is 2.94.